The van der Waals surface area contributed by atoms with Crippen molar-refractivity contribution < 1.29 is 19.2 Å². The van der Waals surface area contributed by atoms with Crippen molar-refractivity contribution in [2.24, 2.45) is 0 Å². The summed E-state index contributed by atoms with van der Waals surface area (Å²) in [6, 6.07) is 6.86. The van der Waals surface area contributed by atoms with Crippen LogP contribution in [0, 0.1) is 0 Å². The molecule has 2 N–H and O–H groups in total. The normalized spacial score (nSPS) is 9.79. The van der Waals surface area contributed by atoms with Gasteiger partial charge in [0.15, 0.2) is 0 Å². The molecule has 0 radical (unpaired) electrons. The Kier molecular flexibility index (Phi) is 6.38. The smallest absolute Gasteiger partial charge is 0.262 e. The van der Waals surface area contributed by atoms with Crippen molar-refractivity contribution in [3.05, 3.63) is 29.8 Å². The van der Waals surface area contributed by atoms with Crippen molar-refractivity contribution in [3.63, 3.8) is 0 Å². The molecule has 0 fully saturated rings. The SMILES string of the molecule is CCONC(=O)CNC(=O)c1ccccc1OCC. The summed E-state index contributed by atoms with van der Waals surface area (Å²) in [5.74, 6) is -0.285. The summed E-state index contributed by atoms with van der Waals surface area (Å²) in [5.41, 5.74) is 2.59. The van der Waals surface area contributed by atoms with Gasteiger partial charge in [0.2, 0.25) is 0 Å². The summed E-state index contributed by atoms with van der Waals surface area (Å²) >= 11 is 0. The highest BCUT2D eigenvalue weighted by Gasteiger charge is 2.12. The number of para-hydroxylation sites is 1. The van der Waals surface area contributed by atoms with Gasteiger partial charge in [-0.2, -0.15) is 0 Å². The molecule has 1 aromatic rings. The van der Waals surface area contributed by atoms with Crippen LogP contribution in [0.5, 0.6) is 5.75 Å². The van der Waals surface area contributed by atoms with Crippen LogP contribution >= 0.6 is 0 Å². The van der Waals surface area contributed by atoms with Gasteiger partial charge < -0.3 is 10.1 Å². The van der Waals surface area contributed by atoms with Gasteiger partial charge in [-0.1, -0.05) is 12.1 Å². The number of rotatable bonds is 7. The van der Waals surface area contributed by atoms with Crippen LogP contribution in [0.25, 0.3) is 0 Å². The molecule has 0 atom stereocenters. The van der Waals surface area contributed by atoms with Gasteiger partial charge in [0.25, 0.3) is 11.8 Å². The number of hydrogen-bond donors (Lipinski definition) is 2. The minimum absolute atomic E-state index is 0.153. The highest BCUT2D eigenvalue weighted by Crippen LogP contribution is 2.17. The van der Waals surface area contributed by atoms with Gasteiger partial charge in [0.1, 0.15) is 5.75 Å². The highest BCUT2D eigenvalue weighted by atomic mass is 16.6. The second-order valence-corrected chi connectivity index (χ2v) is 3.57. The molecule has 1 rings (SSSR count). The number of nitrogens with one attached hydrogen (secondary N) is 2. The fourth-order valence-corrected chi connectivity index (χ4v) is 1.38. The first-order valence-electron chi connectivity index (χ1n) is 6.09. The molecule has 0 saturated carbocycles. The number of carbonyl (C=O) groups is 2. The largest absolute Gasteiger partial charge is 0.493 e. The highest BCUT2D eigenvalue weighted by molar-refractivity contribution is 5.98. The molecule has 6 nitrogen and oxygen atoms in total. The second-order valence-electron chi connectivity index (χ2n) is 3.57. The quantitative estimate of drug-likeness (QED) is 0.718. The first kappa shape index (κ1) is 15.0. The lowest BCUT2D eigenvalue weighted by atomic mass is 10.2. The Labute approximate surface area is 112 Å². The third-order valence-electron chi connectivity index (χ3n) is 2.17. The molecule has 0 aromatic heterocycles. The Morgan fingerprint density at radius 3 is 2.58 bits per heavy atom. The van der Waals surface area contributed by atoms with Crippen LogP contribution in [0.3, 0.4) is 0 Å². The van der Waals surface area contributed by atoms with E-state index in [1.807, 2.05) is 6.92 Å². The van der Waals surface area contributed by atoms with Crippen LogP contribution in [0.2, 0.25) is 0 Å². The molecule has 0 saturated heterocycles. The Bertz CT molecular complexity index is 434. The molecule has 0 heterocycles. The number of hydroxylamine groups is 1. The molecular formula is C13H18N2O4. The predicted octanol–water partition coefficient (Wildman–Crippen LogP) is 0.883. The van der Waals surface area contributed by atoms with Gasteiger partial charge in [-0.25, -0.2) is 5.48 Å². The lowest BCUT2D eigenvalue weighted by Crippen LogP contribution is -2.37. The predicted molar refractivity (Wildman–Crippen MR) is 69.7 cm³/mol. The Balaban J connectivity index is 2.56. The third kappa shape index (κ3) is 4.97. The van der Waals surface area contributed by atoms with Crippen LogP contribution in [-0.2, 0) is 9.63 Å². The van der Waals surface area contributed by atoms with Crippen LogP contribution in [0.15, 0.2) is 24.3 Å². The lowest BCUT2D eigenvalue weighted by molar-refractivity contribution is -0.132. The summed E-state index contributed by atoms with van der Waals surface area (Å²) in [4.78, 5) is 27.9. The summed E-state index contributed by atoms with van der Waals surface area (Å²) < 4.78 is 5.34. The zero-order valence-electron chi connectivity index (χ0n) is 11.1. The fourth-order valence-electron chi connectivity index (χ4n) is 1.38. The van der Waals surface area contributed by atoms with Gasteiger partial charge >= 0.3 is 0 Å². The van der Waals surface area contributed by atoms with E-state index < -0.39 is 5.91 Å². The van der Waals surface area contributed by atoms with E-state index in [9.17, 15) is 9.59 Å². The average molecular weight is 266 g/mol. The molecule has 1 aromatic carbocycles. The van der Waals surface area contributed by atoms with Crippen LogP contribution < -0.4 is 15.5 Å². The fraction of sp³-hybridized carbons (Fsp3) is 0.385. The number of carbonyl (C=O) groups excluding carboxylic acids is 2. The summed E-state index contributed by atoms with van der Waals surface area (Å²) in [6.07, 6.45) is 0. The minimum Gasteiger partial charge on any atom is -0.493 e. The van der Waals surface area contributed by atoms with E-state index in [-0.39, 0.29) is 12.5 Å². The van der Waals surface area contributed by atoms with Gasteiger partial charge in [-0.15, -0.1) is 0 Å². The Morgan fingerprint density at radius 2 is 1.89 bits per heavy atom. The van der Waals surface area contributed by atoms with Crippen molar-refractivity contribution in [3.8, 4) is 5.75 Å². The lowest BCUT2D eigenvalue weighted by Gasteiger charge is -2.10. The monoisotopic (exact) mass is 266 g/mol. The van der Waals surface area contributed by atoms with E-state index in [0.717, 1.165) is 0 Å². The summed E-state index contributed by atoms with van der Waals surface area (Å²) in [7, 11) is 0. The molecule has 0 aliphatic carbocycles. The minimum atomic E-state index is -0.413. The van der Waals surface area contributed by atoms with Crippen molar-refractivity contribution in [2.45, 2.75) is 13.8 Å². The van der Waals surface area contributed by atoms with Crippen LogP contribution in [-0.4, -0.2) is 31.6 Å². The molecule has 0 unspecified atom stereocenters. The molecule has 6 heteroatoms. The number of amides is 2. The topological polar surface area (TPSA) is 76.7 Å². The molecule has 0 bridgehead atoms. The maximum absolute atomic E-state index is 11.9. The number of hydrogen-bond acceptors (Lipinski definition) is 4. The third-order valence-corrected chi connectivity index (χ3v) is 2.17. The van der Waals surface area contributed by atoms with E-state index in [2.05, 4.69) is 10.8 Å². The molecule has 2 amide bonds. The summed E-state index contributed by atoms with van der Waals surface area (Å²) in [5, 5.41) is 2.50. The van der Waals surface area contributed by atoms with Gasteiger partial charge in [-0.3, -0.25) is 14.4 Å². The van der Waals surface area contributed by atoms with Crippen molar-refractivity contribution >= 4 is 11.8 Å². The zero-order valence-corrected chi connectivity index (χ0v) is 11.1. The average Bonchev–Trinajstić information content (AvgIpc) is 2.43. The second kappa shape index (κ2) is 8.10. The molecular weight excluding hydrogens is 248 g/mol. The van der Waals surface area contributed by atoms with E-state index in [1.54, 1.807) is 31.2 Å². The van der Waals surface area contributed by atoms with Crippen LogP contribution in [0.1, 0.15) is 24.2 Å². The van der Waals surface area contributed by atoms with Gasteiger partial charge in [0.05, 0.1) is 25.3 Å². The van der Waals surface area contributed by atoms with E-state index >= 15 is 0 Å². The van der Waals surface area contributed by atoms with Crippen LogP contribution in [0.4, 0.5) is 0 Å². The molecule has 0 spiro atoms. The Hall–Kier alpha value is -2.08. The maximum atomic E-state index is 11.9. The Morgan fingerprint density at radius 1 is 1.16 bits per heavy atom. The van der Waals surface area contributed by atoms with E-state index in [0.29, 0.717) is 24.5 Å². The van der Waals surface area contributed by atoms with Crippen molar-refractivity contribution in [1.82, 2.24) is 10.8 Å². The summed E-state index contributed by atoms with van der Waals surface area (Å²) in [6.45, 7) is 4.27. The van der Waals surface area contributed by atoms with Crippen molar-refractivity contribution in [2.75, 3.05) is 19.8 Å². The zero-order chi connectivity index (χ0) is 14.1. The molecule has 104 valence electrons. The molecule has 0 aliphatic rings. The van der Waals surface area contributed by atoms with Gasteiger partial charge in [0, 0.05) is 0 Å². The van der Waals surface area contributed by atoms with Crippen molar-refractivity contribution in [1.29, 1.82) is 0 Å². The molecule has 19 heavy (non-hydrogen) atoms. The van der Waals surface area contributed by atoms with E-state index in [1.165, 1.54) is 0 Å². The maximum Gasteiger partial charge on any atom is 0.262 e. The molecule has 0 aliphatic heterocycles. The van der Waals surface area contributed by atoms with Gasteiger partial charge in [-0.05, 0) is 26.0 Å². The number of benzene rings is 1. The standard InChI is InChI=1S/C13H18N2O4/c1-3-18-11-8-6-5-7-10(11)13(17)14-9-12(16)15-19-4-2/h5-8H,3-4,9H2,1-2H3,(H,14,17)(H,15,16). The van der Waals surface area contributed by atoms with E-state index in [4.69, 9.17) is 9.57 Å². The first-order valence-corrected chi connectivity index (χ1v) is 6.09. The number of ether oxygens (including phenoxy) is 1. The first-order chi connectivity index (χ1) is 9.19.